The second-order valence-corrected chi connectivity index (χ2v) is 5.62. The highest BCUT2D eigenvalue weighted by atomic mass is 16.9. The lowest BCUT2D eigenvalue weighted by Gasteiger charge is -2.25. The van der Waals surface area contributed by atoms with Gasteiger partial charge in [0.1, 0.15) is 11.4 Å². The Morgan fingerprint density at radius 3 is 2.50 bits per heavy atom. The number of nitrogens with one attached hydrogen (secondary N) is 1. The van der Waals surface area contributed by atoms with Crippen molar-refractivity contribution in [3.8, 4) is 5.75 Å². The molecule has 0 aliphatic heterocycles. The lowest BCUT2D eigenvalue weighted by molar-refractivity contribution is -1.18. The number of carboxylic acid groups (broad SMARTS) is 1. The van der Waals surface area contributed by atoms with Crippen LogP contribution in [0.3, 0.4) is 0 Å². The zero-order chi connectivity index (χ0) is 19.3. The van der Waals surface area contributed by atoms with Crippen LogP contribution in [0.1, 0.15) is 35.3 Å². The monoisotopic (exact) mass is 359 g/mol. The smallest absolute Gasteiger partial charge is 0.335 e. The van der Waals surface area contributed by atoms with E-state index in [9.17, 15) is 15.2 Å². The molecule has 0 aliphatic carbocycles. The lowest BCUT2D eigenvalue weighted by Crippen LogP contribution is -2.45. The van der Waals surface area contributed by atoms with E-state index >= 15 is 0 Å². The Morgan fingerprint density at radius 2 is 1.92 bits per heavy atom. The molecule has 0 bridgehead atoms. The fraction of sp³-hybridized carbons (Fsp3) is 0.211. The lowest BCUT2D eigenvalue weighted by atomic mass is 10.0. The summed E-state index contributed by atoms with van der Waals surface area (Å²) in [5.41, 5.74) is 4.71. The summed E-state index contributed by atoms with van der Waals surface area (Å²) in [6.07, 6.45) is 2.32. The molecule has 138 valence electrons. The van der Waals surface area contributed by atoms with Gasteiger partial charge in [-0.3, -0.25) is 0 Å². The number of rotatable bonds is 7. The van der Waals surface area contributed by atoms with E-state index in [2.05, 4.69) is 5.43 Å². The minimum absolute atomic E-state index is 0.0314. The number of benzene rings is 2. The second kappa shape index (κ2) is 8.01. The molecule has 0 radical (unpaired) electrons. The summed E-state index contributed by atoms with van der Waals surface area (Å²) in [5.74, 6) is -0.927. The van der Waals surface area contributed by atoms with E-state index in [-0.39, 0.29) is 22.7 Å². The second-order valence-electron chi connectivity index (χ2n) is 5.62. The molecule has 0 saturated carbocycles. The van der Waals surface area contributed by atoms with Gasteiger partial charge in [-0.1, -0.05) is 25.1 Å². The van der Waals surface area contributed by atoms with Gasteiger partial charge in [-0.15, -0.1) is 10.4 Å². The fourth-order valence-electron chi connectivity index (χ4n) is 2.73. The van der Waals surface area contributed by atoms with Crippen molar-refractivity contribution in [2.24, 2.45) is 0 Å². The van der Waals surface area contributed by atoms with Crippen molar-refractivity contribution >= 4 is 17.4 Å². The molecule has 4 N–H and O–H groups in total. The van der Waals surface area contributed by atoms with Crippen LogP contribution in [0.4, 0.5) is 5.69 Å². The SMILES string of the molecule is C/C=C(\c1ccccc1CC)[N+](O)(O)Nc1ccc(C(=O)O)cc1OC. The summed E-state index contributed by atoms with van der Waals surface area (Å²) >= 11 is 0. The van der Waals surface area contributed by atoms with Gasteiger partial charge in [0.15, 0.2) is 0 Å². The molecule has 2 aromatic rings. The van der Waals surface area contributed by atoms with E-state index in [0.29, 0.717) is 5.56 Å². The van der Waals surface area contributed by atoms with Crippen LogP contribution in [-0.4, -0.2) is 33.5 Å². The van der Waals surface area contributed by atoms with Gasteiger partial charge in [0, 0.05) is 5.56 Å². The Morgan fingerprint density at radius 1 is 1.23 bits per heavy atom. The highest BCUT2D eigenvalue weighted by Crippen LogP contribution is 2.32. The van der Waals surface area contributed by atoms with Crippen molar-refractivity contribution in [2.75, 3.05) is 12.5 Å². The fourth-order valence-corrected chi connectivity index (χ4v) is 2.73. The third-order valence-electron chi connectivity index (χ3n) is 4.01. The van der Waals surface area contributed by atoms with Crippen molar-refractivity contribution in [1.82, 2.24) is 0 Å². The number of hydroxylamine groups is 2. The maximum absolute atomic E-state index is 11.1. The van der Waals surface area contributed by atoms with Crippen molar-refractivity contribution in [1.29, 1.82) is 0 Å². The summed E-state index contributed by atoms with van der Waals surface area (Å²) < 4.78 is 5.17. The Labute approximate surface area is 151 Å². The summed E-state index contributed by atoms with van der Waals surface area (Å²) in [5, 5.41) is 30.4. The molecule has 0 fully saturated rings. The van der Waals surface area contributed by atoms with E-state index < -0.39 is 10.9 Å². The largest absolute Gasteiger partial charge is 0.494 e. The van der Waals surface area contributed by atoms with E-state index in [0.717, 1.165) is 12.0 Å². The van der Waals surface area contributed by atoms with Gasteiger partial charge in [0.05, 0.1) is 17.6 Å². The molecule has 0 unspecified atom stereocenters. The van der Waals surface area contributed by atoms with Crippen LogP contribution in [0.15, 0.2) is 48.5 Å². The maximum atomic E-state index is 11.1. The molecule has 2 aromatic carbocycles. The molecule has 0 atom stereocenters. The summed E-state index contributed by atoms with van der Waals surface area (Å²) in [4.78, 5) is 9.47. The number of aryl methyl sites for hydroxylation is 1. The minimum Gasteiger partial charge on any atom is -0.494 e. The first kappa shape index (κ1) is 19.5. The van der Waals surface area contributed by atoms with Gasteiger partial charge < -0.3 is 9.84 Å². The van der Waals surface area contributed by atoms with E-state index in [1.165, 1.54) is 25.3 Å². The molecule has 0 aromatic heterocycles. The number of methoxy groups -OCH3 is 1. The minimum atomic E-state index is -1.61. The first-order valence-electron chi connectivity index (χ1n) is 8.13. The predicted molar refractivity (Wildman–Crippen MR) is 96.9 cm³/mol. The predicted octanol–water partition coefficient (Wildman–Crippen LogP) is 3.94. The number of carboxylic acids is 1. The molecule has 0 aliphatic rings. The van der Waals surface area contributed by atoms with Crippen molar-refractivity contribution in [3.05, 3.63) is 65.2 Å². The molecule has 0 spiro atoms. The van der Waals surface area contributed by atoms with Gasteiger partial charge >= 0.3 is 5.97 Å². The maximum Gasteiger partial charge on any atom is 0.335 e. The number of carbonyl (C=O) groups is 1. The average Bonchev–Trinajstić information content (AvgIpc) is 2.62. The van der Waals surface area contributed by atoms with Crippen molar-refractivity contribution < 1.29 is 30.0 Å². The van der Waals surface area contributed by atoms with Gasteiger partial charge in [-0.05, 0) is 49.2 Å². The van der Waals surface area contributed by atoms with Gasteiger partial charge in [0.2, 0.25) is 5.70 Å². The van der Waals surface area contributed by atoms with Gasteiger partial charge in [0.25, 0.3) is 0 Å². The first-order valence-corrected chi connectivity index (χ1v) is 8.13. The number of allylic oxidation sites excluding steroid dienone is 1. The third-order valence-corrected chi connectivity index (χ3v) is 4.01. The van der Waals surface area contributed by atoms with Crippen LogP contribution in [0.2, 0.25) is 0 Å². The molecular formula is C19H23N2O5+. The quantitative estimate of drug-likeness (QED) is 0.441. The Kier molecular flexibility index (Phi) is 5.99. The average molecular weight is 359 g/mol. The van der Waals surface area contributed by atoms with Crippen LogP contribution in [-0.2, 0) is 6.42 Å². The number of nitrogens with zero attached hydrogens (tertiary/aromatic N) is 1. The van der Waals surface area contributed by atoms with E-state index in [1.54, 1.807) is 19.1 Å². The Bertz CT molecular complexity index is 830. The van der Waals surface area contributed by atoms with Crippen molar-refractivity contribution in [2.45, 2.75) is 20.3 Å². The van der Waals surface area contributed by atoms with E-state index in [1.807, 2.05) is 25.1 Å². The van der Waals surface area contributed by atoms with Crippen LogP contribution >= 0.6 is 0 Å². The van der Waals surface area contributed by atoms with Crippen LogP contribution in [0, 0.1) is 0 Å². The highest BCUT2D eigenvalue weighted by Gasteiger charge is 2.34. The molecule has 7 nitrogen and oxygen atoms in total. The molecule has 0 heterocycles. The van der Waals surface area contributed by atoms with Crippen LogP contribution < -0.4 is 10.2 Å². The zero-order valence-electron chi connectivity index (χ0n) is 14.9. The topological polar surface area (TPSA) is 99.0 Å². The van der Waals surface area contributed by atoms with E-state index in [4.69, 9.17) is 9.84 Å². The normalized spacial score (nSPS) is 12.0. The Balaban J connectivity index is 2.42. The zero-order valence-corrected chi connectivity index (χ0v) is 14.9. The molecule has 7 heteroatoms. The molecule has 0 saturated heterocycles. The number of hydrogen-bond donors (Lipinski definition) is 4. The molecule has 26 heavy (non-hydrogen) atoms. The van der Waals surface area contributed by atoms with Gasteiger partial charge in [-0.25, -0.2) is 4.79 Å². The number of quaternary nitrogens is 1. The summed E-state index contributed by atoms with van der Waals surface area (Å²) in [6, 6.07) is 11.5. The first-order chi connectivity index (χ1) is 12.3. The molecular weight excluding hydrogens is 336 g/mol. The number of hydrogen-bond acceptors (Lipinski definition) is 5. The number of aromatic carboxylic acids is 1. The summed E-state index contributed by atoms with van der Waals surface area (Å²) in [7, 11) is 1.37. The van der Waals surface area contributed by atoms with Crippen molar-refractivity contribution in [3.63, 3.8) is 0 Å². The Hall–Kier alpha value is -2.87. The highest BCUT2D eigenvalue weighted by molar-refractivity contribution is 5.89. The standard InChI is InChI=1S/C19H22N2O5/c1-4-13-8-6-7-9-15(13)17(5-2)21(24,25)20-16-11-10-14(19(22)23)12-18(16)26-3/h5-12,20,24-25H,4H2,1-3H3/p+1/b17-5+. The molecule has 0 amide bonds. The van der Waals surface area contributed by atoms with Crippen LogP contribution in [0.5, 0.6) is 5.75 Å². The van der Waals surface area contributed by atoms with Gasteiger partial charge in [-0.2, -0.15) is 5.43 Å². The van der Waals surface area contributed by atoms with Crippen LogP contribution in [0.25, 0.3) is 5.70 Å². The summed E-state index contributed by atoms with van der Waals surface area (Å²) in [6.45, 7) is 3.68. The number of ether oxygens (including phenoxy) is 1. The molecule has 2 rings (SSSR count). The third kappa shape index (κ3) is 4.02. The number of anilines is 1.